The number of anilines is 1. The van der Waals surface area contributed by atoms with Gasteiger partial charge in [0.15, 0.2) is 11.6 Å². The zero-order valence-electron chi connectivity index (χ0n) is 17.4. The molecule has 9 heteroatoms. The van der Waals surface area contributed by atoms with Crippen LogP contribution in [0, 0.1) is 12.7 Å². The van der Waals surface area contributed by atoms with E-state index >= 15 is 0 Å². The van der Waals surface area contributed by atoms with Crippen molar-refractivity contribution < 1.29 is 9.13 Å². The van der Waals surface area contributed by atoms with Crippen LogP contribution in [0.4, 0.5) is 10.2 Å². The van der Waals surface area contributed by atoms with Gasteiger partial charge >= 0.3 is 0 Å². The molecule has 1 aliphatic heterocycles. The van der Waals surface area contributed by atoms with E-state index in [-0.39, 0.29) is 11.6 Å². The lowest BCUT2D eigenvalue weighted by Gasteiger charge is -2.20. The molecule has 31 heavy (non-hydrogen) atoms. The van der Waals surface area contributed by atoms with Crippen molar-refractivity contribution in [3.63, 3.8) is 0 Å². The SMILES string of the molecule is CCn1nnc2c1-c1cnc(N)c(c1)OC(C)c1cc(F)ccc1-c1nc(C)sc1C2. The van der Waals surface area contributed by atoms with Crippen LogP contribution in [0.2, 0.25) is 0 Å². The van der Waals surface area contributed by atoms with Gasteiger partial charge in [-0.2, -0.15) is 0 Å². The van der Waals surface area contributed by atoms with Gasteiger partial charge in [0.1, 0.15) is 11.9 Å². The summed E-state index contributed by atoms with van der Waals surface area (Å²) in [6.07, 6.45) is 1.80. The number of halogens is 1. The van der Waals surface area contributed by atoms with E-state index in [1.165, 1.54) is 12.1 Å². The summed E-state index contributed by atoms with van der Waals surface area (Å²) in [5, 5.41) is 9.72. The summed E-state index contributed by atoms with van der Waals surface area (Å²) in [5.41, 5.74) is 11.0. The highest BCUT2D eigenvalue weighted by Crippen LogP contribution is 2.39. The Labute approximate surface area is 182 Å². The summed E-state index contributed by atoms with van der Waals surface area (Å²) in [7, 11) is 0. The van der Waals surface area contributed by atoms with Crippen molar-refractivity contribution in [2.45, 2.75) is 39.8 Å². The molecule has 3 aromatic heterocycles. The maximum Gasteiger partial charge on any atom is 0.166 e. The van der Waals surface area contributed by atoms with E-state index < -0.39 is 6.10 Å². The number of hydrogen-bond donors (Lipinski definition) is 1. The average molecular weight is 437 g/mol. The first kappa shape index (κ1) is 19.6. The molecule has 0 amide bonds. The minimum atomic E-state index is -0.465. The maximum atomic E-state index is 14.2. The van der Waals surface area contributed by atoms with Gasteiger partial charge in [-0.1, -0.05) is 5.21 Å². The molecule has 1 atom stereocenters. The van der Waals surface area contributed by atoms with Crippen LogP contribution in [0.5, 0.6) is 5.75 Å². The summed E-state index contributed by atoms with van der Waals surface area (Å²) in [5.74, 6) is 0.376. The first-order valence-corrected chi connectivity index (χ1v) is 10.9. The fourth-order valence-electron chi connectivity index (χ4n) is 3.98. The van der Waals surface area contributed by atoms with Crippen molar-refractivity contribution in [3.05, 3.63) is 57.4 Å². The molecule has 1 unspecified atom stereocenters. The molecular formula is C22H21FN6OS. The fourth-order valence-corrected chi connectivity index (χ4v) is 4.93. The Balaban J connectivity index is 1.81. The Morgan fingerprint density at radius 1 is 1.32 bits per heavy atom. The van der Waals surface area contributed by atoms with E-state index in [9.17, 15) is 4.39 Å². The summed E-state index contributed by atoms with van der Waals surface area (Å²) >= 11 is 1.61. The molecule has 1 aromatic carbocycles. The summed E-state index contributed by atoms with van der Waals surface area (Å²) in [6.45, 7) is 6.52. The van der Waals surface area contributed by atoms with E-state index in [0.29, 0.717) is 24.3 Å². The number of benzene rings is 1. The van der Waals surface area contributed by atoms with Gasteiger partial charge in [-0.05, 0) is 45.0 Å². The molecule has 4 heterocycles. The second-order valence-electron chi connectivity index (χ2n) is 7.48. The van der Waals surface area contributed by atoms with Gasteiger partial charge in [0.25, 0.3) is 0 Å². The topological polar surface area (TPSA) is 91.7 Å². The number of nitrogen functional groups attached to an aromatic ring is 1. The zero-order valence-corrected chi connectivity index (χ0v) is 18.2. The number of aromatic nitrogens is 5. The third kappa shape index (κ3) is 3.34. The Morgan fingerprint density at radius 3 is 2.97 bits per heavy atom. The van der Waals surface area contributed by atoms with E-state index in [4.69, 9.17) is 15.5 Å². The van der Waals surface area contributed by atoms with Crippen LogP contribution in [-0.2, 0) is 13.0 Å². The Morgan fingerprint density at radius 2 is 2.16 bits per heavy atom. The van der Waals surface area contributed by atoms with Crippen molar-refractivity contribution in [1.82, 2.24) is 25.0 Å². The van der Waals surface area contributed by atoms with Gasteiger partial charge in [-0.15, -0.1) is 16.4 Å². The van der Waals surface area contributed by atoms with Gasteiger partial charge in [0.05, 0.1) is 22.1 Å². The quantitative estimate of drug-likeness (QED) is 0.470. The van der Waals surface area contributed by atoms with Crippen LogP contribution >= 0.6 is 11.3 Å². The molecule has 0 aliphatic carbocycles. The van der Waals surface area contributed by atoms with Crippen molar-refractivity contribution >= 4 is 17.2 Å². The van der Waals surface area contributed by atoms with Crippen LogP contribution in [-0.4, -0.2) is 25.0 Å². The van der Waals surface area contributed by atoms with Gasteiger partial charge in [0, 0.05) is 40.7 Å². The van der Waals surface area contributed by atoms with Crippen LogP contribution in [0.25, 0.3) is 22.5 Å². The molecular weight excluding hydrogens is 415 g/mol. The normalized spacial score (nSPS) is 15.2. The highest BCUT2D eigenvalue weighted by Gasteiger charge is 2.25. The van der Waals surface area contributed by atoms with Crippen molar-refractivity contribution in [2.24, 2.45) is 0 Å². The molecule has 4 aromatic rings. The summed E-state index contributed by atoms with van der Waals surface area (Å²) < 4.78 is 22.3. The Kier molecular flexibility index (Phi) is 4.70. The summed E-state index contributed by atoms with van der Waals surface area (Å²) in [4.78, 5) is 10.2. The molecule has 7 nitrogen and oxygen atoms in total. The first-order valence-electron chi connectivity index (χ1n) is 10.1. The molecule has 0 radical (unpaired) electrons. The Hall–Kier alpha value is -3.33. The van der Waals surface area contributed by atoms with Crippen molar-refractivity contribution in [3.8, 4) is 28.3 Å². The van der Waals surface area contributed by atoms with E-state index in [0.717, 1.165) is 38.1 Å². The molecule has 1 aliphatic rings. The predicted molar refractivity (Wildman–Crippen MR) is 117 cm³/mol. The minimum Gasteiger partial charge on any atom is -0.482 e. The maximum absolute atomic E-state index is 14.2. The van der Waals surface area contributed by atoms with Gasteiger partial charge in [-0.25, -0.2) is 19.0 Å². The predicted octanol–water partition coefficient (Wildman–Crippen LogP) is 4.56. The lowest BCUT2D eigenvalue weighted by Crippen LogP contribution is -2.10. The Bertz CT molecular complexity index is 1300. The number of rotatable bonds is 1. The van der Waals surface area contributed by atoms with Gasteiger partial charge in [0.2, 0.25) is 0 Å². The number of hydrogen-bond acceptors (Lipinski definition) is 7. The second-order valence-corrected chi connectivity index (χ2v) is 8.77. The molecule has 5 rings (SSSR count). The molecule has 0 spiro atoms. The second kappa shape index (κ2) is 7.42. The average Bonchev–Trinajstić information content (AvgIpc) is 3.32. The van der Waals surface area contributed by atoms with Gasteiger partial charge < -0.3 is 10.5 Å². The molecule has 0 saturated carbocycles. The minimum absolute atomic E-state index is 0.271. The molecule has 2 N–H and O–H groups in total. The third-order valence-electron chi connectivity index (χ3n) is 5.40. The number of fused-ring (bicyclic) bond motifs is 7. The smallest absolute Gasteiger partial charge is 0.166 e. The van der Waals surface area contributed by atoms with Crippen molar-refractivity contribution in [2.75, 3.05) is 5.73 Å². The lowest BCUT2D eigenvalue weighted by atomic mass is 9.98. The number of nitrogens with two attached hydrogens (primary N) is 1. The third-order valence-corrected chi connectivity index (χ3v) is 6.37. The largest absolute Gasteiger partial charge is 0.482 e. The van der Waals surface area contributed by atoms with E-state index in [1.54, 1.807) is 23.6 Å². The van der Waals surface area contributed by atoms with E-state index in [2.05, 4.69) is 15.3 Å². The van der Waals surface area contributed by atoms with E-state index in [1.807, 2.05) is 31.5 Å². The van der Waals surface area contributed by atoms with Gasteiger partial charge in [-0.3, -0.25) is 0 Å². The highest BCUT2D eigenvalue weighted by atomic mass is 32.1. The zero-order chi connectivity index (χ0) is 21.7. The molecule has 0 saturated heterocycles. The number of ether oxygens (including phenoxy) is 1. The highest BCUT2D eigenvalue weighted by molar-refractivity contribution is 7.12. The first-order chi connectivity index (χ1) is 14.9. The molecule has 158 valence electrons. The fraction of sp³-hybridized carbons (Fsp3) is 0.273. The van der Waals surface area contributed by atoms with Crippen LogP contribution in [0.1, 0.15) is 41.1 Å². The number of pyridine rings is 1. The van der Waals surface area contributed by atoms with Crippen molar-refractivity contribution in [1.29, 1.82) is 0 Å². The van der Waals surface area contributed by atoms with Crippen LogP contribution < -0.4 is 10.5 Å². The monoisotopic (exact) mass is 436 g/mol. The number of aryl methyl sites for hydroxylation is 2. The summed E-state index contributed by atoms with van der Waals surface area (Å²) in [6, 6.07) is 6.56. The molecule has 0 fully saturated rings. The lowest BCUT2D eigenvalue weighted by molar-refractivity contribution is 0.227. The molecule has 2 bridgehead atoms. The van der Waals surface area contributed by atoms with Crippen LogP contribution in [0.3, 0.4) is 0 Å². The van der Waals surface area contributed by atoms with Crippen LogP contribution in [0.15, 0.2) is 30.5 Å². The number of nitrogens with zero attached hydrogens (tertiary/aromatic N) is 5. The number of thiazole rings is 1. The standard InChI is InChI=1S/C22H21FN6OS/c1-4-29-21-13-7-18(22(24)25-10-13)30-11(2)16-8-14(23)5-6-15(16)20-19(31-12(3)26-20)9-17(21)27-28-29/h5-8,10-11H,4,9H2,1-3H3,(H2,24,25).